The average Bonchev–Trinajstić information content (AvgIpc) is 2.44. The van der Waals surface area contributed by atoms with Gasteiger partial charge >= 0.3 is 0 Å². The first-order valence-corrected chi connectivity index (χ1v) is 7.27. The van der Waals surface area contributed by atoms with Crippen molar-refractivity contribution in [2.75, 3.05) is 33.7 Å². The van der Waals surface area contributed by atoms with Gasteiger partial charge in [0.25, 0.3) is 5.91 Å². The molecule has 0 aliphatic heterocycles. The second-order valence-electron chi connectivity index (χ2n) is 5.32. The molecule has 0 aliphatic rings. The molecule has 0 saturated heterocycles. The lowest BCUT2D eigenvalue weighted by molar-refractivity contribution is 0.0952. The monoisotopic (exact) mass is 287 g/mol. The average molecular weight is 287 g/mol. The molecule has 1 rings (SSSR count). The van der Waals surface area contributed by atoms with Crippen molar-refractivity contribution in [1.82, 2.24) is 10.2 Å². The van der Waals surface area contributed by atoms with Crippen molar-refractivity contribution in [3.05, 3.63) is 34.9 Å². The fraction of sp³-hybridized carbons (Fsp3) is 0.471. The van der Waals surface area contributed by atoms with Gasteiger partial charge in [-0.15, -0.1) is 0 Å². The molecular formula is C17H25N3O. The van der Waals surface area contributed by atoms with Crippen LogP contribution in [0.15, 0.2) is 18.2 Å². The summed E-state index contributed by atoms with van der Waals surface area (Å²) < 4.78 is 0. The van der Waals surface area contributed by atoms with Gasteiger partial charge in [0.05, 0.1) is 12.1 Å². The summed E-state index contributed by atoms with van der Waals surface area (Å²) in [6.07, 6.45) is 2.04. The third-order valence-corrected chi connectivity index (χ3v) is 3.06. The van der Waals surface area contributed by atoms with Gasteiger partial charge in [0.1, 0.15) is 0 Å². The molecule has 3 N–H and O–H groups in total. The van der Waals surface area contributed by atoms with E-state index in [1.807, 2.05) is 39.2 Å². The highest BCUT2D eigenvalue weighted by Crippen LogP contribution is 2.10. The van der Waals surface area contributed by atoms with Gasteiger partial charge < -0.3 is 16.0 Å². The minimum atomic E-state index is -0.0684. The highest BCUT2D eigenvalue weighted by molar-refractivity contribution is 5.96. The first-order chi connectivity index (χ1) is 10.0. The number of carbonyl (C=O) groups is 1. The first kappa shape index (κ1) is 17.2. The van der Waals surface area contributed by atoms with E-state index in [2.05, 4.69) is 22.1 Å². The highest BCUT2D eigenvalue weighted by atomic mass is 16.1. The first-order valence-electron chi connectivity index (χ1n) is 7.27. The number of benzene rings is 1. The van der Waals surface area contributed by atoms with Gasteiger partial charge in [0.2, 0.25) is 0 Å². The molecule has 0 atom stereocenters. The Morgan fingerprint density at radius 1 is 1.33 bits per heavy atom. The minimum absolute atomic E-state index is 0.0684. The number of hydrogen-bond donors (Lipinski definition) is 2. The van der Waals surface area contributed by atoms with Crippen molar-refractivity contribution in [3.63, 3.8) is 0 Å². The molecule has 21 heavy (non-hydrogen) atoms. The molecule has 0 radical (unpaired) electrons. The van der Waals surface area contributed by atoms with Crippen LogP contribution < -0.4 is 11.1 Å². The van der Waals surface area contributed by atoms with Crippen LogP contribution in [0.25, 0.3) is 0 Å². The lowest BCUT2D eigenvalue weighted by atomic mass is 10.0. The molecule has 0 fully saturated rings. The Morgan fingerprint density at radius 3 is 2.76 bits per heavy atom. The standard InChI is InChI=1S/C17H25N3O/c1-14-8-9-16(15(13-14)7-6-10-18)17(21)19-11-4-5-12-20(2)3/h8-9,13H,4-5,10-12,18H2,1-3H3,(H,19,21). The third kappa shape index (κ3) is 6.44. The second-order valence-corrected chi connectivity index (χ2v) is 5.32. The Bertz CT molecular complexity index is 527. The van der Waals surface area contributed by atoms with E-state index in [4.69, 9.17) is 5.73 Å². The van der Waals surface area contributed by atoms with Gasteiger partial charge in [0, 0.05) is 12.1 Å². The molecule has 114 valence electrons. The van der Waals surface area contributed by atoms with E-state index in [0.717, 1.165) is 30.5 Å². The van der Waals surface area contributed by atoms with Crippen molar-refractivity contribution >= 4 is 5.91 Å². The van der Waals surface area contributed by atoms with Crippen LogP contribution in [-0.2, 0) is 0 Å². The van der Waals surface area contributed by atoms with Crippen LogP contribution >= 0.6 is 0 Å². The predicted octanol–water partition coefficient (Wildman–Crippen LogP) is 1.38. The van der Waals surface area contributed by atoms with E-state index >= 15 is 0 Å². The molecule has 0 heterocycles. The summed E-state index contributed by atoms with van der Waals surface area (Å²) in [6, 6.07) is 5.67. The smallest absolute Gasteiger partial charge is 0.252 e. The van der Waals surface area contributed by atoms with Crippen LogP contribution in [0.2, 0.25) is 0 Å². The van der Waals surface area contributed by atoms with Crippen molar-refractivity contribution in [2.45, 2.75) is 19.8 Å². The number of rotatable bonds is 6. The zero-order valence-corrected chi connectivity index (χ0v) is 13.2. The molecule has 1 amide bonds. The van der Waals surface area contributed by atoms with Gasteiger partial charge in [-0.1, -0.05) is 17.9 Å². The van der Waals surface area contributed by atoms with Gasteiger partial charge in [-0.25, -0.2) is 0 Å². The summed E-state index contributed by atoms with van der Waals surface area (Å²) in [6.45, 7) is 3.99. The van der Waals surface area contributed by atoms with Gasteiger partial charge in [-0.3, -0.25) is 4.79 Å². The van der Waals surface area contributed by atoms with Crippen LogP contribution in [-0.4, -0.2) is 44.5 Å². The van der Waals surface area contributed by atoms with Gasteiger partial charge in [-0.05, 0) is 58.1 Å². The minimum Gasteiger partial charge on any atom is -0.352 e. The maximum absolute atomic E-state index is 12.2. The number of carbonyl (C=O) groups excluding carboxylic acids is 1. The zero-order valence-electron chi connectivity index (χ0n) is 13.2. The van der Waals surface area contributed by atoms with Crippen LogP contribution in [0, 0.1) is 18.8 Å². The SMILES string of the molecule is Cc1ccc(C(=O)NCCCCN(C)C)c(C#CCN)c1. The number of nitrogens with one attached hydrogen (secondary N) is 1. The molecule has 0 spiro atoms. The Morgan fingerprint density at radius 2 is 2.10 bits per heavy atom. The van der Waals surface area contributed by atoms with E-state index in [0.29, 0.717) is 18.7 Å². The summed E-state index contributed by atoms with van der Waals surface area (Å²) in [5.41, 5.74) is 7.84. The summed E-state index contributed by atoms with van der Waals surface area (Å²) >= 11 is 0. The van der Waals surface area contributed by atoms with E-state index in [1.165, 1.54) is 0 Å². The predicted molar refractivity (Wildman–Crippen MR) is 87.2 cm³/mol. The molecule has 1 aromatic rings. The second kappa shape index (κ2) is 9.17. The molecule has 0 bridgehead atoms. The molecule has 1 aromatic carbocycles. The number of amides is 1. The van der Waals surface area contributed by atoms with Crippen LogP contribution in [0.3, 0.4) is 0 Å². The Labute approximate surface area is 127 Å². The molecule has 0 aliphatic carbocycles. The van der Waals surface area contributed by atoms with E-state index in [-0.39, 0.29) is 5.91 Å². The fourth-order valence-electron chi connectivity index (χ4n) is 1.96. The maximum atomic E-state index is 12.2. The Kier molecular flexibility index (Phi) is 7.52. The molecule has 4 nitrogen and oxygen atoms in total. The lowest BCUT2D eigenvalue weighted by Gasteiger charge is -2.10. The summed E-state index contributed by atoms with van der Waals surface area (Å²) in [4.78, 5) is 14.4. The topological polar surface area (TPSA) is 58.4 Å². The number of hydrogen-bond acceptors (Lipinski definition) is 3. The summed E-state index contributed by atoms with van der Waals surface area (Å²) in [5.74, 6) is 5.71. The highest BCUT2D eigenvalue weighted by Gasteiger charge is 2.09. The van der Waals surface area contributed by atoms with E-state index in [1.54, 1.807) is 0 Å². The maximum Gasteiger partial charge on any atom is 0.252 e. The number of nitrogens with zero attached hydrogens (tertiary/aromatic N) is 1. The lowest BCUT2D eigenvalue weighted by Crippen LogP contribution is -2.26. The van der Waals surface area contributed by atoms with Gasteiger partial charge in [-0.2, -0.15) is 0 Å². The molecule has 0 saturated carbocycles. The van der Waals surface area contributed by atoms with E-state index in [9.17, 15) is 4.79 Å². The molecule has 0 unspecified atom stereocenters. The van der Waals surface area contributed by atoms with Gasteiger partial charge in [0.15, 0.2) is 0 Å². The quantitative estimate of drug-likeness (QED) is 0.614. The largest absolute Gasteiger partial charge is 0.352 e. The Balaban J connectivity index is 2.61. The summed E-state index contributed by atoms with van der Waals surface area (Å²) in [7, 11) is 4.10. The van der Waals surface area contributed by atoms with Crippen LogP contribution in [0.1, 0.15) is 34.3 Å². The van der Waals surface area contributed by atoms with Crippen molar-refractivity contribution in [2.24, 2.45) is 5.73 Å². The number of nitrogens with two attached hydrogens (primary N) is 1. The molecular weight excluding hydrogens is 262 g/mol. The van der Waals surface area contributed by atoms with Crippen molar-refractivity contribution in [3.8, 4) is 11.8 Å². The fourth-order valence-corrected chi connectivity index (χ4v) is 1.96. The van der Waals surface area contributed by atoms with Crippen LogP contribution in [0.4, 0.5) is 0 Å². The zero-order chi connectivity index (χ0) is 15.7. The number of unbranched alkanes of at least 4 members (excludes halogenated alkanes) is 1. The van der Waals surface area contributed by atoms with Crippen LogP contribution in [0.5, 0.6) is 0 Å². The molecule has 4 heteroatoms. The third-order valence-electron chi connectivity index (χ3n) is 3.06. The van der Waals surface area contributed by atoms with Crippen molar-refractivity contribution < 1.29 is 4.79 Å². The Hall–Kier alpha value is -1.83. The summed E-state index contributed by atoms with van der Waals surface area (Å²) in [5, 5.41) is 2.95. The van der Waals surface area contributed by atoms with E-state index < -0.39 is 0 Å². The normalized spacial score (nSPS) is 10.1. The van der Waals surface area contributed by atoms with Crippen molar-refractivity contribution in [1.29, 1.82) is 0 Å². The number of aryl methyl sites for hydroxylation is 1. The molecule has 0 aromatic heterocycles.